The van der Waals surface area contributed by atoms with Gasteiger partial charge in [0.05, 0.1) is 0 Å². The molecule has 2 atom stereocenters. The van der Waals surface area contributed by atoms with E-state index in [9.17, 15) is 12.6 Å². The second-order valence-corrected chi connectivity index (χ2v) is 11.3. The molecule has 0 aromatic heterocycles. The van der Waals surface area contributed by atoms with Crippen LogP contribution in [-0.2, 0) is 0 Å². The molecule has 2 unspecified atom stereocenters. The van der Waals surface area contributed by atoms with Crippen LogP contribution >= 0.6 is 23.2 Å². The van der Waals surface area contributed by atoms with Gasteiger partial charge in [-0.05, 0) is 26.3 Å². The van der Waals surface area contributed by atoms with E-state index in [1.54, 1.807) is 20.8 Å². The fraction of sp³-hybridized carbons (Fsp3) is 1.00. The topological polar surface area (TPSA) is 43.6 Å². The quantitative estimate of drug-likeness (QED) is 0.329. The molecule has 0 spiro atoms. The summed E-state index contributed by atoms with van der Waals surface area (Å²) in [5.74, 6) is 0. The van der Waals surface area contributed by atoms with E-state index in [0.29, 0.717) is 19.3 Å². The molecule has 0 bridgehead atoms. The van der Waals surface area contributed by atoms with Crippen LogP contribution in [-0.4, -0.2) is 36.0 Å². The van der Waals surface area contributed by atoms with Gasteiger partial charge in [-0.1, -0.05) is 20.8 Å². The van der Waals surface area contributed by atoms with Crippen LogP contribution in [0.2, 0.25) is 0 Å². The van der Waals surface area contributed by atoms with E-state index in [1.165, 1.54) is 11.7 Å². The molecule has 0 saturated heterocycles. The molecule has 1 heterocycles. The van der Waals surface area contributed by atoms with Crippen molar-refractivity contribution in [3.63, 3.8) is 0 Å². The van der Waals surface area contributed by atoms with Crippen LogP contribution in [0.4, 0.5) is 16.8 Å². The Morgan fingerprint density at radius 2 is 1.23 bits per heavy atom. The van der Waals surface area contributed by atoms with Crippen molar-refractivity contribution < 1.29 is 16.8 Å². The second-order valence-electron chi connectivity index (χ2n) is 5.05. The second kappa shape index (κ2) is 7.94. The molecular formula is C10H24F4N5P3. The molecule has 1 aliphatic heterocycles. The summed E-state index contributed by atoms with van der Waals surface area (Å²) in [4.78, 5) is 0. The van der Waals surface area contributed by atoms with Gasteiger partial charge in [0, 0.05) is 19.6 Å². The summed E-state index contributed by atoms with van der Waals surface area (Å²) in [5.41, 5.74) is 0. The van der Waals surface area contributed by atoms with E-state index in [1.807, 2.05) is 0 Å². The Kier molecular flexibility index (Phi) is 7.35. The van der Waals surface area contributed by atoms with Crippen molar-refractivity contribution in [3.05, 3.63) is 0 Å². The Morgan fingerprint density at radius 3 is 1.68 bits per heavy atom. The minimum atomic E-state index is -5.34. The molecular weight excluding hydrogens is 359 g/mol. The average molecular weight is 383 g/mol. The molecule has 0 saturated carbocycles. The fourth-order valence-corrected chi connectivity index (χ4v) is 10.2. The first kappa shape index (κ1) is 20.4. The van der Waals surface area contributed by atoms with Crippen LogP contribution < -0.4 is 0 Å². The van der Waals surface area contributed by atoms with Crippen LogP contribution in [0.1, 0.15) is 40.0 Å². The molecule has 0 aromatic carbocycles. The van der Waals surface area contributed by atoms with E-state index in [2.05, 4.69) is 13.5 Å². The standard InChI is InChI=1S/C10H24F4N5P3/c1-5-8-18(4)21(13)15-20(11,12)16-22(14,17-21)19(9-6-2)10-7-3/h5-10H2,1-4H3. The summed E-state index contributed by atoms with van der Waals surface area (Å²) < 4.78 is 69.5. The first-order valence-corrected chi connectivity index (χ1v) is 11.8. The summed E-state index contributed by atoms with van der Waals surface area (Å²) in [7, 11) is -12.8. The summed E-state index contributed by atoms with van der Waals surface area (Å²) in [6, 6.07) is 0. The van der Waals surface area contributed by atoms with Crippen molar-refractivity contribution in [2.24, 2.45) is 13.5 Å². The van der Waals surface area contributed by atoms with Crippen LogP contribution in [0.25, 0.3) is 0 Å². The van der Waals surface area contributed by atoms with E-state index in [-0.39, 0.29) is 19.6 Å². The molecule has 1 rings (SSSR count). The highest BCUT2D eigenvalue weighted by molar-refractivity contribution is 7.79. The maximum Gasteiger partial charge on any atom is 0.423 e. The summed E-state index contributed by atoms with van der Waals surface area (Å²) >= 11 is 0. The van der Waals surface area contributed by atoms with Gasteiger partial charge in [-0.15, -0.1) is 17.4 Å². The van der Waals surface area contributed by atoms with Gasteiger partial charge < -0.3 is 0 Å². The van der Waals surface area contributed by atoms with Gasteiger partial charge in [0.25, 0.3) is 0 Å². The fourth-order valence-electron chi connectivity index (χ4n) is 2.06. The van der Waals surface area contributed by atoms with Gasteiger partial charge in [-0.25, -0.2) is 9.34 Å². The third-order valence-corrected chi connectivity index (χ3v) is 10.5. The molecule has 22 heavy (non-hydrogen) atoms. The normalized spacial score (nSPS) is 30.8. The minimum absolute atomic E-state index is 0.193. The molecule has 132 valence electrons. The van der Waals surface area contributed by atoms with Crippen LogP contribution in [0.15, 0.2) is 13.5 Å². The number of hydrogen-bond acceptors (Lipinski definition) is 5. The Morgan fingerprint density at radius 1 is 0.727 bits per heavy atom. The van der Waals surface area contributed by atoms with E-state index < -0.39 is 23.2 Å². The highest BCUT2D eigenvalue weighted by Gasteiger charge is 2.43. The lowest BCUT2D eigenvalue weighted by molar-refractivity contribution is 0.425. The Hall–Kier alpha value is 0.330. The van der Waals surface area contributed by atoms with Crippen molar-refractivity contribution >= 4 is 23.2 Å². The van der Waals surface area contributed by atoms with Gasteiger partial charge >= 0.3 is 23.2 Å². The van der Waals surface area contributed by atoms with Crippen molar-refractivity contribution in [2.45, 2.75) is 40.0 Å². The number of nitrogens with zero attached hydrogens (tertiary/aromatic N) is 5. The molecule has 12 heteroatoms. The number of hydrogen-bond donors (Lipinski definition) is 0. The number of halogens is 4. The van der Waals surface area contributed by atoms with Crippen molar-refractivity contribution in [1.29, 1.82) is 0 Å². The zero-order valence-corrected chi connectivity index (χ0v) is 16.0. The van der Waals surface area contributed by atoms with Crippen molar-refractivity contribution in [1.82, 2.24) is 9.34 Å². The largest absolute Gasteiger partial charge is 0.423 e. The van der Waals surface area contributed by atoms with Gasteiger partial charge in [0.2, 0.25) is 0 Å². The molecule has 0 amide bonds. The smallest absolute Gasteiger partial charge is 0.229 e. The van der Waals surface area contributed by atoms with E-state index in [4.69, 9.17) is 0 Å². The molecule has 0 aliphatic carbocycles. The van der Waals surface area contributed by atoms with Crippen LogP contribution in [0.3, 0.4) is 0 Å². The van der Waals surface area contributed by atoms with Crippen molar-refractivity contribution in [2.75, 3.05) is 26.7 Å². The number of rotatable bonds is 8. The van der Waals surface area contributed by atoms with Gasteiger partial charge in [0.1, 0.15) is 0 Å². The zero-order valence-electron chi connectivity index (χ0n) is 13.3. The first-order valence-electron chi connectivity index (χ1n) is 7.29. The lowest BCUT2D eigenvalue weighted by atomic mass is 10.4. The summed E-state index contributed by atoms with van der Waals surface area (Å²) in [5, 5.41) is 0. The first-order chi connectivity index (χ1) is 10.1. The van der Waals surface area contributed by atoms with Crippen molar-refractivity contribution in [3.8, 4) is 0 Å². The highest BCUT2D eigenvalue weighted by Crippen LogP contribution is 2.82. The van der Waals surface area contributed by atoms with Crippen LogP contribution in [0, 0.1) is 0 Å². The monoisotopic (exact) mass is 383 g/mol. The van der Waals surface area contributed by atoms with Gasteiger partial charge in [-0.2, -0.15) is 12.9 Å². The molecule has 5 nitrogen and oxygen atoms in total. The Bertz CT molecular complexity index is 541. The van der Waals surface area contributed by atoms with Gasteiger partial charge in [0.15, 0.2) is 0 Å². The molecule has 1 aliphatic rings. The molecule has 0 N–H and O–H groups in total. The maximum absolute atomic E-state index is 15.2. The zero-order chi connectivity index (χ0) is 17.0. The van der Waals surface area contributed by atoms with Gasteiger partial charge in [-0.3, -0.25) is 0 Å². The highest BCUT2D eigenvalue weighted by atomic mass is 31.3. The van der Waals surface area contributed by atoms with E-state index in [0.717, 1.165) is 4.67 Å². The predicted octanol–water partition coefficient (Wildman–Crippen LogP) is 7.18. The van der Waals surface area contributed by atoms with E-state index >= 15 is 4.20 Å². The SMILES string of the molecule is CCCN(C)P1(F)=NP(F)(N(CCC)CCC)=NP(F)(F)=N1. The third kappa shape index (κ3) is 4.91. The Labute approximate surface area is 130 Å². The summed E-state index contributed by atoms with van der Waals surface area (Å²) in [6.07, 6.45) is 1.65. The average Bonchev–Trinajstić information content (AvgIpc) is 2.36. The molecule has 0 radical (unpaired) electrons. The van der Waals surface area contributed by atoms with Crippen LogP contribution in [0.5, 0.6) is 0 Å². The third-order valence-electron chi connectivity index (χ3n) is 2.98. The summed E-state index contributed by atoms with van der Waals surface area (Å²) in [6.45, 7) is 6.03. The Balaban J connectivity index is 3.43. The molecule has 0 fully saturated rings. The maximum atomic E-state index is 15.2. The minimum Gasteiger partial charge on any atom is -0.229 e. The predicted molar refractivity (Wildman–Crippen MR) is 87.6 cm³/mol. The lowest BCUT2D eigenvalue weighted by Crippen LogP contribution is -2.21. The lowest BCUT2D eigenvalue weighted by Gasteiger charge is -2.32. The molecule has 0 aromatic rings.